The molecule has 0 unspecified atom stereocenters. The number of nitrogens with two attached hydrogens (primary N) is 2. The van der Waals surface area contributed by atoms with Gasteiger partial charge in [-0.15, -0.1) is 0 Å². The Morgan fingerprint density at radius 3 is 2.20 bits per heavy atom. The quantitative estimate of drug-likeness (QED) is 0.777. The van der Waals surface area contributed by atoms with E-state index in [1.165, 1.54) is 0 Å². The highest BCUT2D eigenvalue weighted by Crippen LogP contribution is 2.26. The predicted octanol–water partition coefficient (Wildman–Crippen LogP) is 2.89. The van der Waals surface area contributed by atoms with Crippen LogP contribution in [0, 0.1) is 5.41 Å². The average Bonchev–Trinajstić information content (AvgIpc) is 2.55. The number of para-hydroxylation sites is 1. The number of rotatable bonds is 5. The van der Waals surface area contributed by atoms with Crippen LogP contribution < -0.4 is 21.5 Å². The topological polar surface area (TPSA) is 107 Å². The van der Waals surface area contributed by atoms with Gasteiger partial charge >= 0.3 is 0 Å². The van der Waals surface area contributed by atoms with E-state index in [2.05, 4.69) is 5.32 Å². The summed E-state index contributed by atoms with van der Waals surface area (Å²) in [5, 5.41) is 2.78. The van der Waals surface area contributed by atoms with E-state index in [1.54, 1.807) is 48.5 Å². The molecule has 0 saturated carbocycles. The van der Waals surface area contributed by atoms with Crippen LogP contribution in [-0.4, -0.2) is 17.9 Å². The zero-order chi connectivity index (χ0) is 18.6. The Bertz CT molecular complexity index is 764. The predicted molar refractivity (Wildman–Crippen MR) is 97.5 cm³/mol. The SMILES string of the molecule is CC(C)(C)[C@H](N)C(=O)Nc1ccc(Oc2ccccc2C(N)=O)cc1. The zero-order valence-electron chi connectivity index (χ0n) is 14.6. The minimum absolute atomic E-state index is 0.250. The third-order valence-electron chi connectivity index (χ3n) is 3.72. The maximum absolute atomic E-state index is 12.1. The third kappa shape index (κ3) is 4.81. The molecule has 0 radical (unpaired) electrons. The van der Waals surface area contributed by atoms with Crippen molar-refractivity contribution in [2.45, 2.75) is 26.8 Å². The van der Waals surface area contributed by atoms with Crippen LogP contribution in [-0.2, 0) is 4.79 Å². The second kappa shape index (κ2) is 7.36. The summed E-state index contributed by atoms with van der Waals surface area (Å²) in [6.07, 6.45) is 0. The number of amides is 2. The highest BCUT2D eigenvalue weighted by Gasteiger charge is 2.27. The molecule has 1 atom stereocenters. The summed E-state index contributed by atoms with van der Waals surface area (Å²) in [4.78, 5) is 23.6. The van der Waals surface area contributed by atoms with E-state index in [-0.39, 0.29) is 11.3 Å². The Kier molecular flexibility index (Phi) is 5.44. The number of primary amides is 1. The molecule has 2 amide bonds. The highest BCUT2D eigenvalue weighted by molar-refractivity contribution is 5.96. The summed E-state index contributed by atoms with van der Waals surface area (Å²) in [5.74, 6) is 0.0873. The molecular formula is C19H23N3O3. The van der Waals surface area contributed by atoms with Gasteiger partial charge in [-0.2, -0.15) is 0 Å². The van der Waals surface area contributed by atoms with Gasteiger partial charge in [-0.1, -0.05) is 32.9 Å². The molecule has 0 heterocycles. The van der Waals surface area contributed by atoms with Crippen LogP contribution in [0.25, 0.3) is 0 Å². The van der Waals surface area contributed by atoms with E-state index in [4.69, 9.17) is 16.2 Å². The summed E-state index contributed by atoms with van der Waals surface area (Å²) < 4.78 is 5.69. The van der Waals surface area contributed by atoms with Gasteiger partial charge in [0, 0.05) is 5.69 Å². The molecule has 0 bridgehead atoms. The van der Waals surface area contributed by atoms with Crippen LogP contribution in [0.5, 0.6) is 11.5 Å². The summed E-state index contributed by atoms with van der Waals surface area (Å²) in [5.41, 5.74) is 11.9. The number of benzene rings is 2. The molecule has 6 heteroatoms. The van der Waals surface area contributed by atoms with Crippen molar-refractivity contribution in [1.29, 1.82) is 0 Å². The van der Waals surface area contributed by atoms with Crippen molar-refractivity contribution in [2.24, 2.45) is 16.9 Å². The molecule has 0 aliphatic carbocycles. The van der Waals surface area contributed by atoms with Gasteiger partial charge in [-0.25, -0.2) is 0 Å². The van der Waals surface area contributed by atoms with Crippen LogP contribution in [0.1, 0.15) is 31.1 Å². The monoisotopic (exact) mass is 341 g/mol. The van der Waals surface area contributed by atoms with Gasteiger partial charge in [-0.05, 0) is 41.8 Å². The third-order valence-corrected chi connectivity index (χ3v) is 3.72. The molecule has 0 fully saturated rings. The molecule has 0 aliphatic rings. The lowest BCUT2D eigenvalue weighted by Gasteiger charge is -2.25. The molecule has 2 aromatic carbocycles. The fraction of sp³-hybridized carbons (Fsp3) is 0.263. The molecule has 5 N–H and O–H groups in total. The number of hydrogen-bond acceptors (Lipinski definition) is 4. The Labute approximate surface area is 147 Å². The van der Waals surface area contributed by atoms with Crippen molar-refractivity contribution in [3.8, 4) is 11.5 Å². The Morgan fingerprint density at radius 2 is 1.64 bits per heavy atom. The summed E-state index contributed by atoms with van der Waals surface area (Å²) in [7, 11) is 0. The van der Waals surface area contributed by atoms with Gasteiger partial charge < -0.3 is 21.5 Å². The standard InChI is InChI=1S/C19H23N3O3/c1-19(2,3)16(20)18(24)22-12-8-10-13(11-9-12)25-15-7-5-4-6-14(15)17(21)23/h4-11,16H,20H2,1-3H3,(H2,21,23)(H,22,24)/t16-/m1/s1. The fourth-order valence-corrected chi connectivity index (χ4v) is 2.11. The molecule has 132 valence electrons. The summed E-state index contributed by atoms with van der Waals surface area (Å²) >= 11 is 0. The van der Waals surface area contributed by atoms with E-state index >= 15 is 0 Å². The normalized spacial score (nSPS) is 12.3. The fourth-order valence-electron chi connectivity index (χ4n) is 2.11. The van der Waals surface area contributed by atoms with Crippen molar-refractivity contribution in [1.82, 2.24) is 0 Å². The molecule has 0 aliphatic heterocycles. The van der Waals surface area contributed by atoms with Gasteiger partial charge in [0.25, 0.3) is 5.91 Å². The van der Waals surface area contributed by atoms with Crippen molar-refractivity contribution in [3.63, 3.8) is 0 Å². The van der Waals surface area contributed by atoms with Gasteiger partial charge in [0.1, 0.15) is 11.5 Å². The first kappa shape index (κ1) is 18.5. The Hall–Kier alpha value is -2.86. The van der Waals surface area contributed by atoms with Crippen LogP contribution >= 0.6 is 0 Å². The maximum atomic E-state index is 12.1. The lowest BCUT2D eigenvalue weighted by atomic mass is 9.87. The minimum Gasteiger partial charge on any atom is -0.457 e. The molecule has 0 saturated heterocycles. The van der Waals surface area contributed by atoms with Crippen LogP contribution in [0.15, 0.2) is 48.5 Å². The molecule has 0 spiro atoms. The highest BCUT2D eigenvalue weighted by atomic mass is 16.5. The van der Waals surface area contributed by atoms with Gasteiger partial charge in [0.05, 0.1) is 11.6 Å². The second-order valence-electron chi connectivity index (χ2n) is 6.82. The first-order valence-corrected chi connectivity index (χ1v) is 7.91. The Balaban J connectivity index is 2.08. The van der Waals surface area contributed by atoms with Crippen molar-refractivity contribution >= 4 is 17.5 Å². The molecule has 25 heavy (non-hydrogen) atoms. The van der Waals surface area contributed by atoms with Crippen LogP contribution in [0.3, 0.4) is 0 Å². The van der Waals surface area contributed by atoms with E-state index in [0.717, 1.165) is 0 Å². The van der Waals surface area contributed by atoms with E-state index in [0.29, 0.717) is 22.7 Å². The second-order valence-corrected chi connectivity index (χ2v) is 6.82. The first-order chi connectivity index (χ1) is 11.7. The summed E-state index contributed by atoms with van der Waals surface area (Å²) in [6.45, 7) is 5.72. The molecule has 2 aromatic rings. The minimum atomic E-state index is -0.620. The van der Waals surface area contributed by atoms with Gasteiger partial charge in [0.15, 0.2) is 0 Å². The lowest BCUT2D eigenvalue weighted by Crippen LogP contribution is -2.45. The van der Waals surface area contributed by atoms with E-state index < -0.39 is 11.9 Å². The number of nitrogens with one attached hydrogen (secondary N) is 1. The number of ether oxygens (including phenoxy) is 1. The van der Waals surface area contributed by atoms with E-state index in [1.807, 2.05) is 20.8 Å². The largest absolute Gasteiger partial charge is 0.457 e. The number of anilines is 1. The number of carbonyl (C=O) groups is 2. The zero-order valence-corrected chi connectivity index (χ0v) is 14.6. The molecular weight excluding hydrogens is 318 g/mol. The number of hydrogen-bond donors (Lipinski definition) is 3. The van der Waals surface area contributed by atoms with Crippen molar-refractivity contribution in [2.75, 3.05) is 5.32 Å². The summed E-state index contributed by atoms with van der Waals surface area (Å²) in [6, 6.07) is 12.9. The molecule has 2 rings (SSSR count). The lowest BCUT2D eigenvalue weighted by molar-refractivity contribution is -0.119. The van der Waals surface area contributed by atoms with Gasteiger partial charge in [-0.3, -0.25) is 9.59 Å². The van der Waals surface area contributed by atoms with Crippen LogP contribution in [0.4, 0.5) is 5.69 Å². The van der Waals surface area contributed by atoms with E-state index in [9.17, 15) is 9.59 Å². The maximum Gasteiger partial charge on any atom is 0.252 e. The Morgan fingerprint density at radius 1 is 1.04 bits per heavy atom. The smallest absolute Gasteiger partial charge is 0.252 e. The number of carbonyl (C=O) groups excluding carboxylic acids is 2. The molecule has 0 aromatic heterocycles. The first-order valence-electron chi connectivity index (χ1n) is 7.91. The van der Waals surface area contributed by atoms with Gasteiger partial charge in [0.2, 0.25) is 5.91 Å². The van der Waals surface area contributed by atoms with Crippen molar-refractivity contribution < 1.29 is 14.3 Å². The average molecular weight is 341 g/mol. The molecule has 6 nitrogen and oxygen atoms in total. The van der Waals surface area contributed by atoms with Crippen molar-refractivity contribution in [3.05, 3.63) is 54.1 Å². The van der Waals surface area contributed by atoms with Crippen LogP contribution in [0.2, 0.25) is 0 Å².